The van der Waals surface area contributed by atoms with Gasteiger partial charge < -0.3 is 5.73 Å². The molecule has 0 radical (unpaired) electrons. The lowest BCUT2D eigenvalue weighted by molar-refractivity contribution is -0.138. The zero-order valence-electron chi connectivity index (χ0n) is 7.05. The third-order valence-electron chi connectivity index (χ3n) is 1.64. The van der Waals surface area contributed by atoms with Gasteiger partial charge in [0.05, 0.1) is 6.42 Å². The van der Waals surface area contributed by atoms with Crippen molar-refractivity contribution in [2.45, 2.75) is 18.6 Å². The molecule has 2 N–H and O–H groups in total. The molecule has 0 saturated carbocycles. The van der Waals surface area contributed by atoms with Crippen molar-refractivity contribution in [1.82, 2.24) is 4.98 Å². The van der Waals surface area contributed by atoms with Crippen molar-refractivity contribution >= 4 is 15.9 Å². The highest BCUT2D eigenvalue weighted by Gasteiger charge is 2.31. The summed E-state index contributed by atoms with van der Waals surface area (Å²) in [6.45, 7) is 0. The quantitative estimate of drug-likeness (QED) is 0.838. The standard InChI is InChI=1S/C8H8BrF3N2/c9-7-5(2-1-3-14-7)6(13)4-8(10,11)12/h1-3,6H,4,13H2/t6-/m1/s1. The molecule has 0 aliphatic heterocycles. The number of alkyl halides is 3. The number of hydrogen-bond donors (Lipinski definition) is 1. The summed E-state index contributed by atoms with van der Waals surface area (Å²) in [4.78, 5) is 3.80. The van der Waals surface area contributed by atoms with Crippen LogP contribution in [0.1, 0.15) is 18.0 Å². The van der Waals surface area contributed by atoms with E-state index in [0.29, 0.717) is 10.2 Å². The van der Waals surface area contributed by atoms with Gasteiger partial charge in [-0.25, -0.2) is 4.98 Å². The second kappa shape index (κ2) is 4.27. The van der Waals surface area contributed by atoms with Crippen LogP contribution in [0.2, 0.25) is 0 Å². The molecule has 0 fully saturated rings. The predicted molar refractivity (Wildman–Crippen MR) is 49.5 cm³/mol. The van der Waals surface area contributed by atoms with E-state index in [-0.39, 0.29) is 0 Å². The second-order valence-electron chi connectivity index (χ2n) is 2.81. The molecule has 0 spiro atoms. The molecule has 78 valence electrons. The minimum atomic E-state index is -4.26. The van der Waals surface area contributed by atoms with E-state index in [9.17, 15) is 13.2 Å². The highest BCUT2D eigenvalue weighted by Crippen LogP contribution is 2.30. The van der Waals surface area contributed by atoms with Crippen LogP contribution in [0.4, 0.5) is 13.2 Å². The summed E-state index contributed by atoms with van der Waals surface area (Å²) in [5.74, 6) is 0. The molecule has 1 rings (SSSR count). The molecule has 0 unspecified atom stereocenters. The van der Waals surface area contributed by atoms with E-state index in [0.717, 1.165) is 0 Å². The third-order valence-corrected chi connectivity index (χ3v) is 2.30. The number of nitrogens with two attached hydrogens (primary N) is 1. The van der Waals surface area contributed by atoms with E-state index in [1.54, 1.807) is 6.07 Å². The van der Waals surface area contributed by atoms with Gasteiger partial charge >= 0.3 is 6.18 Å². The topological polar surface area (TPSA) is 38.9 Å². The molecule has 0 aromatic carbocycles. The first-order chi connectivity index (χ1) is 6.40. The highest BCUT2D eigenvalue weighted by atomic mass is 79.9. The number of hydrogen-bond acceptors (Lipinski definition) is 2. The van der Waals surface area contributed by atoms with Crippen molar-refractivity contribution in [1.29, 1.82) is 0 Å². The number of aromatic nitrogens is 1. The van der Waals surface area contributed by atoms with Crippen LogP contribution in [0.3, 0.4) is 0 Å². The molecular weight excluding hydrogens is 261 g/mol. The van der Waals surface area contributed by atoms with E-state index < -0.39 is 18.6 Å². The molecule has 1 aromatic rings. The van der Waals surface area contributed by atoms with Gasteiger partial charge in [0.15, 0.2) is 0 Å². The number of halogens is 4. The lowest BCUT2D eigenvalue weighted by Crippen LogP contribution is -2.20. The Hall–Kier alpha value is -0.620. The van der Waals surface area contributed by atoms with Crippen molar-refractivity contribution in [3.8, 4) is 0 Å². The molecule has 0 aliphatic rings. The monoisotopic (exact) mass is 268 g/mol. The largest absolute Gasteiger partial charge is 0.390 e. The maximum atomic E-state index is 12.0. The van der Waals surface area contributed by atoms with Gasteiger partial charge in [-0.15, -0.1) is 0 Å². The van der Waals surface area contributed by atoms with Crippen LogP contribution in [-0.2, 0) is 0 Å². The summed E-state index contributed by atoms with van der Waals surface area (Å²) in [7, 11) is 0. The minimum Gasteiger partial charge on any atom is -0.324 e. The van der Waals surface area contributed by atoms with Crippen molar-refractivity contribution in [2.24, 2.45) is 5.73 Å². The first-order valence-electron chi connectivity index (χ1n) is 3.83. The van der Waals surface area contributed by atoms with Gasteiger partial charge in [0.2, 0.25) is 0 Å². The Labute approximate surface area is 87.4 Å². The lowest BCUT2D eigenvalue weighted by atomic mass is 10.1. The van der Waals surface area contributed by atoms with Gasteiger partial charge in [-0.2, -0.15) is 13.2 Å². The molecule has 1 heterocycles. The van der Waals surface area contributed by atoms with Gasteiger partial charge in [0.25, 0.3) is 0 Å². The molecule has 1 aromatic heterocycles. The zero-order valence-corrected chi connectivity index (χ0v) is 8.64. The van der Waals surface area contributed by atoms with Crippen LogP contribution in [0.25, 0.3) is 0 Å². The Morgan fingerprint density at radius 2 is 2.14 bits per heavy atom. The summed E-state index contributed by atoms with van der Waals surface area (Å²) in [5, 5.41) is 0. The average Bonchev–Trinajstić information content (AvgIpc) is 2.01. The molecular formula is C8H8BrF3N2. The first-order valence-corrected chi connectivity index (χ1v) is 4.62. The van der Waals surface area contributed by atoms with Gasteiger partial charge in [0, 0.05) is 17.8 Å². The van der Waals surface area contributed by atoms with Crippen LogP contribution in [0.5, 0.6) is 0 Å². The Kier molecular flexibility index (Phi) is 3.49. The van der Waals surface area contributed by atoms with Gasteiger partial charge in [0.1, 0.15) is 4.60 Å². The van der Waals surface area contributed by atoms with Crippen LogP contribution in [0.15, 0.2) is 22.9 Å². The van der Waals surface area contributed by atoms with Crippen molar-refractivity contribution in [3.05, 3.63) is 28.5 Å². The van der Waals surface area contributed by atoms with Gasteiger partial charge in [-0.1, -0.05) is 6.07 Å². The fourth-order valence-electron chi connectivity index (χ4n) is 1.03. The normalized spacial score (nSPS) is 14.1. The zero-order chi connectivity index (χ0) is 10.8. The fraction of sp³-hybridized carbons (Fsp3) is 0.375. The highest BCUT2D eigenvalue weighted by molar-refractivity contribution is 9.10. The van der Waals surface area contributed by atoms with Crippen LogP contribution >= 0.6 is 15.9 Å². The van der Waals surface area contributed by atoms with Crippen LogP contribution in [0, 0.1) is 0 Å². The SMILES string of the molecule is N[C@H](CC(F)(F)F)c1cccnc1Br. The molecule has 14 heavy (non-hydrogen) atoms. The average molecular weight is 269 g/mol. The Balaban J connectivity index is 2.80. The maximum absolute atomic E-state index is 12.0. The predicted octanol–water partition coefficient (Wildman–Crippen LogP) is 2.80. The van der Waals surface area contributed by atoms with Crippen LogP contribution in [-0.4, -0.2) is 11.2 Å². The maximum Gasteiger partial charge on any atom is 0.390 e. The molecule has 0 amide bonds. The van der Waals surface area contributed by atoms with Crippen LogP contribution < -0.4 is 5.73 Å². The summed E-state index contributed by atoms with van der Waals surface area (Å²) in [6, 6.07) is 2.00. The minimum absolute atomic E-state index is 0.358. The lowest BCUT2D eigenvalue weighted by Gasteiger charge is -2.14. The summed E-state index contributed by atoms with van der Waals surface area (Å²) in [5.41, 5.74) is 5.76. The number of rotatable bonds is 2. The number of pyridine rings is 1. The summed E-state index contributed by atoms with van der Waals surface area (Å²) < 4.78 is 36.4. The Bertz CT molecular complexity index is 314. The Morgan fingerprint density at radius 1 is 1.50 bits per heavy atom. The van der Waals surface area contributed by atoms with Crippen molar-refractivity contribution in [2.75, 3.05) is 0 Å². The molecule has 0 aliphatic carbocycles. The molecule has 2 nitrogen and oxygen atoms in total. The van der Waals surface area contributed by atoms with Crippen molar-refractivity contribution in [3.63, 3.8) is 0 Å². The molecule has 0 bridgehead atoms. The first kappa shape index (κ1) is 11.5. The van der Waals surface area contributed by atoms with E-state index in [2.05, 4.69) is 20.9 Å². The summed E-state index contributed by atoms with van der Waals surface area (Å²) >= 11 is 3.05. The third kappa shape index (κ3) is 3.26. The van der Waals surface area contributed by atoms with E-state index >= 15 is 0 Å². The fourth-order valence-corrected chi connectivity index (χ4v) is 1.58. The van der Waals surface area contributed by atoms with E-state index in [1.165, 1.54) is 12.3 Å². The van der Waals surface area contributed by atoms with E-state index in [4.69, 9.17) is 5.73 Å². The van der Waals surface area contributed by atoms with Crippen molar-refractivity contribution < 1.29 is 13.2 Å². The van der Waals surface area contributed by atoms with Gasteiger partial charge in [-0.05, 0) is 22.0 Å². The Morgan fingerprint density at radius 3 is 2.64 bits per heavy atom. The second-order valence-corrected chi connectivity index (χ2v) is 3.56. The number of nitrogens with zero attached hydrogens (tertiary/aromatic N) is 1. The van der Waals surface area contributed by atoms with E-state index in [1.807, 2.05) is 0 Å². The molecule has 6 heteroatoms. The molecule has 1 atom stereocenters. The summed E-state index contributed by atoms with van der Waals surface area (Å²) in [6.07, 6.45) is -3.82. The van der Waals surface area contributed by atoms with Gasteiger partial charge in [-0.3, -0.25) is 0 Å². The smallest absolute Gasteiger partial charge is 0.324 e. The molecule has 0 saturated heterocycles.